The fourth-order valence-electron chi connectivity index (χ4n) is 4.90. The van der Waals surface area contributed by atoms with E-state index in [0.29, 0.717) is 49.7 Å². The molecular weight excluding hydrogens is 677 g/mol. The smallest absolute Gasteiger partial charge is 0.272 e. The fraction of sp³-hybridized carbons (Fsp3) is 0.143. The Labute approximate surface area is 290 Å². The van der Waals surface area contributed by atoms with Gasteiger partial charge in [-0.05, 0) is 72.3 Å². The van der Waals surface area contributed by atoms with Crippen LogP contribution in [0.5, 0.6) is 17.2 Å². The molecular formula is C35H29Cl2N3O7S. The molecule has 0 aromatic heterocycles. The lowest BCUT2D eigenvalue weighted by Gasteiger charge is -2.16. The molecule has 1 saturated heterocycles. The molecule has 1 aliphatic rings. The second-order valence-electron chi connectivity index (χ2n) is 10.3. The first-order valence-corrected chi connectivity index (χ1v) is 16.0. The van der Waals surface area contributed by atoms with Crippen LogP contribution in [0.25, 0.3) is 6.08 Å². The van der Waals surface area contributed by atoms with Crippen LogP contribution in [0.3, 0.4) is 0 Å². The van der Waals surface area contributed by atoms with E-state index in [9.17, 15) is 19.2 Å². The number of halogens is 2. The maximum atomic E-state index is 13.7. The van der Waals surface area contributed by atoms with Gasteiger partial charge in [-0.1, -0.05) is 47.5 Å². The van der Waals surface area contributed by atoms with Crippen molar-refractivity contribution in [3.05, 3.63) is 112 Å². The monoisotopic (exact) mass is 705 g/mol. The number of carbonyl (C=O) groups is 4. The van der Waals surface area contributed by atoms with Crippen LogP contribution in [0.4, 0.5) is 11.4 Å². The zero-order chi connectivity index (χ0) is 34.4. The number of anilines is 2. The maximum Gasteiger partial charge on any atom is 0.272 e. The molecule has 0 radical (unpaired) electrons. The number of ether oxygens (including phenoxy) is 3. The van der Waals surface area contributed by atoms with E-state index in [1.165, 1.54) is 51.3 Å². The molecule has 5 rings (SSSR count). The molecule has 4 aromatic carbocycles. The van der Waals surface area contributed by atoms with Crippen LogP contribution >= 0.6 is 35.0 Å². The maximum absolute atomic E-state index is 13.7. The minimum absolute atomic E-state index is 0.0203. The summed E-state index contributed by atoms with van der Waals surface area (Å²) in [6.45, 7) is 0. The number of carbonyl (C=O) groups excluding carboxylic acids is 4. The number of amides is 4. The summed E-state index contributed by atoms with van der Waals surface area (Å²) in [6.07, 6.45) is 1.47. The summed E-state index contributed by atoms with van der Waals surface area (Å²) in [4.78, 5) is 54.7. The molecule has 10 nitrogen and oxygen atoms in total. The van der Waals surface area contributed by atoms with Gasteiger partial charge < -0.3 is 24.8 Å². The predicted octanol–water partition coefficient (Wildman–Crippen LogP) is 6.85. The van der Waals surface area contributed by atoms with Gasteiger partial charge >= 0.3 is 0 Å². The van der Waals surface area contributed by atoms with E-state index in [2.05, 4.69) is 10.6 Å². The second kappa shape index (κ2) is 15.3. The third-order valence-corrected chi connectivity index (χ3v) is 9.08. The van der Waals surface area contributed by atoms with Crippen molar-refractivity contribution in [3.8, 4) is 17.2 Å². The van der Waals surface area contributed by atoms with Crippen LogP contribution in [-0.4, -0.2) is 50.2 Å². The second-order valence-corrected chi connectivity index (χ2v) is 12.4. The standard InChI is InChI=1S/C35H29Cl2N3O7S/c1-45-28-15-20(16-29(46-2)32(28)47-3)14-27(39-33(42)21-8-5-4-6-9-21)34(43)38-22-10-7-11-24(17-22)48-30-19-31(41)40(35(30)44)23-12-13-25(36)26(37)18-23/h4-18,30H,19H2,1-3H3,(H,38,43)(H,39,42)/b27-14-/t30-/m0/s1. The van der Waals surface area contributed by atoms with Gasteiger partial charge in [0.2, 0.25) is 17.6 Å². The molecule has 0 saturated carbocycles. The third-order valence-electron chi connectivity index (χ3n) is 7.16. The van der Waals surface area contributed by atoms with Gasteiger partial charge in [0.1, 0.15) is 5.70 Å². The van der Waals surface area contributed by atoms with Crippen LogP contribution < -0.4 is 29.7 Å². The van der Waals surface area contributed by atoms with Gasteiger partial charge in [-0.2, -0.15) is 0 Å². The van der Waals surface area contributed by atoms with Crippen LogP contribution in [0, 0.1) is 0 Å². The molecule has 1 fully saturated rings. The molecule has 1 atom stereocenters. The van der Waals surface area contributed by atoms with E-state index < -0.39 is 23.0 Å². The molecule has 246 valence electrons. The summed E-state index contributed by atoms with van der Waals surface area (Å²) in [5, 5.41) is 5.37. The Balaban J connectivity index is 1.38. The summed E-state index contributed by atoms with van der Waals surface area (Å²) < 4.78 is 16.3. The first-order valence-electron chi connectivity index (χ1n) is 14.4. The van der Waals surface area contributed by atoms with Crippen molar-refractivity contribution in [1.29, 1.82) is 0 Å². The first-order chi connectivity index (χ1) is 23.1. The minimum Gasteiger partial charge on any atom is -0.493 e. The largest absolute Gasteiger partial charge is 0.493 e. The molecule has 0 bridgehead atoms. The zero-order valence-corrected chi connectivity index (χ0v) is 28.2. The molecule has 1 heterocycles. The Kier molecular flexibility index (Phi) is 10.9. The van der Waals surface area contributed by atoms with Crippen molar-refractivity contribution in [2.75, 3.05) is 31.5 Å². The lowest BCUT2D eigenvalue weighted by atomic mass is 10.1. The Bertz CT molecular complexity index is 1890. The number of methoxy groups -OCH3 is 3. The van der Waals surface area contributed by atoms with Crippen molar-refractivity contribution in [2.45, 2.75) is 16.6 Å². The lowest BCUT2D eigenvalue weighted by Crippen LogP contribution is -2.31. The molecule has 13 heteroatoms. The SMILES string of the molecule is COc1cc(/C=C(\NC(=O)c2ccccc2)C(=O)Nc2cccc(S[C@H]3CC(=O)N(c4ccc(Cl)c(Cl)c4)C3=O)c2)cc(OC)c1OC. The number of thioether (sulfide) groups is 1. The van der Waals surface area contributed by atoms with E-state index in [1.807, 2.05) is 0 Å². The number of imide groups is 1. The van der Waals surface area contributed by atoms with Crippen molar-refractivity contribution in [1.82, 2.24) is 5.32 Å². The van der Waals surface area contributed by atoms with E-state index >= 15 is 0 Å². The fourth-order valence-corrected chi connectivity index (χ4v) is 6.30. The molecule has 0 unspecified atom stereocenters. The highest BCUT2D eigenvalue weighted by Gasteiger charge is 2.40. The van der Waals surface area contributed by atoms with Gasteiger partial charge in [0, 0.05) is 22.6 Å². The molecule has 4 amide bonds. The molecule has 4 aromatic rings. The number of nitrogens with zero attached hydrogens (tertiary/aromatic N) is 1. The summed E-state index contributed by atoms with van der Waals surface area (Å²) in [6, 6.07) is 23.1. The number of nitrogens with one attached hydrogen (secondary N) is 2. The molecule has 1 aliphatic heterocycles. The van der Waals surface area contributed by atoms with Gasteiger partial charge in [-0.25, -0.2) is 4.90 Å². The van der Waals surface area contributed by atoms with Crippen molar-refractivity contribution in [2.24, 2.45) is 0 Å². The number of hydrogen-bond acceptors (Lipinski definition) is 8. The highest BCUT2D eigenvalue weighted by atomic mass is 35.5. The average Bonchev–Trinajstić information content (AvgIpc) is 3.37. The topological polar surface area (TPSA) is 123 Å². The zero-order valence-electron chi connectivity index (χ0n) is 25.9. The van der Waals surface area contributed by atoms with E-state index in [-0.39, 0.29) is 23.0 Å². The predicted molar refractivity (Wildman–Crippen MR) is 186 cm³/mol. The number of benzene rings is 4. The number of rotatable bonds is 11. The van der Waals surface area contributed by atoms with E-state index in [1.54, 1.807) is 72.8 Å². The van der Waals surface area contributed by atoms with Crippen LogP contribution in [-0.2, 0) is 14.4 Å². The Morgan fingerprint density at radius 3 is 2.21 bits per heavy atom. The lowest BCUT2D eigenvalue weighted by molar-refractivity contribution is -0.121. The van der Waals surface area contributed by atoms with Gasteiger partial charge in [-0.15, -0.1) is 11.8 Å². The van der Waals surface area contributed by atoms with Crippen LogP contribution in [0.15, 0.2) is 95.5 Å². The first kappa shape index (κ1) is 34.4. The summed E-state index contributed by atoms with van der Waals surface area (Å²) in [5.74, 6) is -0.779. The number of hydrogen-bond donors (Lipinski definition) is 2. The average molecular weight is 707 g/mol. The molecule has 0 aliphatic carbocycles. The highest BCUT2D eigenvalue weighted by molar-refractivity contribution is 8.00. The van der Waals surface area contributed by atoms with Gasteiger partial charge in [0.25, 0.3) is 11.8 Å². The van der Waals surface area contributed by atoms with Crippen molar-refractivity contribution in [3.63, 3.8) is 0 Å². The minimum atomic E-state index is -0.696. The Hall–Kier alpha value is -4.97. The Morgan fingerprint density at radius 2 is 1.56 bits per heavy atom. The van der Waals surface area contributed by atoms with Crippen molar-refractivity contribution < 1.29 is 33.4 Å². The normalized spacial score (nSPS) is 14.5. The third kappa shape index (κ3) is 7.76. The van der Waals surface area contributed by atoms with E-state index in [0.717, 1.165) is 4.90 Å². The molecule has 2 N–H and O–H groups in total. The van der Waals surface area contributed by atoms with Crippen LogP contribution in [0.2, 0.25) is 10.0 Å². The molecule has 48 heavy (non-hydrogen) atoms. The van der Waals surface area contributed by atoms with Gasteiger partial charge in [0.15, 0.2) is 11.5 Å². The molecule has 0 spiro atoms. The highest BCUT2D eigenvalue weighted by Crippen LogP contribution is 2.39. The summed E-state index contributed by atoms with van der Waals surface area (Å²) in [5.41, 5.74) is 1.51. The van der Waals surface area contributed by atoms with Crippen LogP contribution in [0.1, 0.15) is 22.3 Å². The summed E-state index contributed by atoms with van der Waals surface area (Å²) in [7, 11) is 4.42. The van der Waals surface area contributed by atoms with Crippen molar-refractivity contribution >= 4 is 76.0 Å². The summed E-state index contributed by atoms with van der Waals surface area (Å²) >= 11 is 13.3. The Morgan fingerprint density at radius 1 is 0.854 bits per heavy atom. The van der Waals surface area contributed by atoms with Gasteiger partial charge in [0.05, 0.1) is 42.3 Å². The van der Waals surface area contributed by atoms with Gasteiger partial charge in [-0.3, -0.25) is 19.2 Å². The quantitative estimate of drug-likeness (QED) is 0.128. The van der Waals surface area contributed by atoms with E-state index in [4.69, 9.17) is 37.4 Å².